The Kier molecular flexibility index (Phi) is 4.41. The number of aromatic nitrogens is 2. The zero-order valence-electron chi connectivity index (χ0n) is 9.96. The van der Waals surface area contributed by atoms with E-state index in [4.69, 9.17) is 9.84 Å². The summed E-state index contributed by atoms with van der Waals surface area (Å²) in [7, 11) is 0. The van der Waals surface area contributed by atoms with E-state index in [-0.39, 0.29) is 11.8 Å². The van der Waals surface area contributed by atoms with Crippen LogP contribution >= 0.6 is 15.9 Å². The van der Waals surface area contributed by atoms with Gasteiger partial charge in [-0.15, -0.1) is 0 Å². The number of carboxylic acids is 1. The Labute approximate surface area is 121 Å². The van der Waals surface area contributed by atoms with E-state index in [1.165, 1.54) is 36.7 Å². The summed E-state index contributed by atoms with van der Waals surface area (Å²) in [5.41, 5.74) is 0.526. The van der Waals surface area contributed by atoms with Crippen molar-refractivity contribution in [3.63, 3.8) is 0 Å². The first-order chi connectivity index (χ1) is 9.54. The Bertz CT molecular complexity index is 659. The van der Waals surface area contributed by atoms with Crippen molar-refractivity contribution in [1.82, 2.24) is 9.97 Å². The zero-order valence-corrected chi connectivity index (χ0v) is 11.5. The fourth-order valence-corrected chi connectivity index (χ4v) is 1.72. The summed E-state index contributed by atoms with van der Waals surface area (Å²) in [6.07, 6.45) is 5.17. The first-order valence-corrected chi connectivity index (χ1v) is 6.20. The smallest absolute Gasteiger partial charge is 0.328 e. The van der Waals surface area contributed by atoms with Gasteiger partial charge in [0, 0.05) is 24.0 Å². The maximum Gasteiger partial charge on any atom is 0.328 e. The molecule has 0 aliphatic carbocycles. The molecule has 5 nitrogen and oxygen atoms in total. The van der Waals surface area contributed by atoms with Crippen LogP contribution in [0.1, 0.15) is 5.56 Å². The molecule has 1 aromatic carbocycles. The first kappa shape index (κ1) is 14.1. The topological polar surface area (TPSA) is 72.3 Å². The molecule has 0 unspecified atom stereocenters. The number of rotatable bonds is 4. The Hall–Kier alpha value is -2.28. The number of aliphatic carboxylic acids is 1. The summed E-state index contributed by atoms with van der Waals surface area (Å²) in [6, 6.07) is 4.04. The van der Waals surface area contributed by atoms with Gasteiger partial charge < -0.3 is 9.84 Å². The summed E-state index contributed by atoms with van der Waals surface area (Å²) in [4.78, 5) is 18.2. The minimum atomic E-state index is -1.06. The summed E-state index contributed by atoms with van der Waals surface area (Å²) in [6.45, 7) is 0. The minimum absolute atomic E-state index is 0.0739. The van der Waals surface area contributed by atoms with Crippen molar-refractivity contribution in [2.24, 2.45) is 0 Å². The van der Waals surface area contributed by atoms with Crippen LogP contribution in [0.15, 0.2) is 41.1 Å². The molecule has 0 bridgehead atoms. The number of hydrogen-bond donors (Lipinski definition) is 1. The Morgan fingerprint density at radius 2 is 2.05 bits per heavy atom. The van der Waals surface area contributed by atoms with Crippen molar-refractivity contribution >= 4 is 28.0 Å². The highest BCUT2D eigenvalue weighted by Gasteiger charge is 2.06. The number of halogens is 2. The minimum Gasteiger partial charge on any atom is -0.478 e. The van der Waals surface area contributed by atoms with Crippen LogP contribution in [0.25, 0.3) is 6.08 Å². The second-order valence-electron chi connectivity index (χ2n) is 3.65. The van der Waals surface area contributed by atoms with Crippen LogP contribution in [0.2, 0.25) is 0 Å². The lowest BCUT2D eigenvalue weighted by atomic mass is 10.3. The molecule has 2 aromatic rings. The molecule has 0 aliphatic rings. The predicted molar refractivity (Wildman–Crippen MR) is 72.9 cm³/mol. The van der Waals surface area contributed by atoms with Crippen LogP contribution in [0.3, 0.4) is 0 Å². The molecule has 1 N–H and O–H groups in total. The predicted octanol–water partition coefficient (Wildman–Crippen LogP) is 3.27. The quantitative estimate of drug-likeness (QED) is 0.866. The zero-order chi connectivity index (χ0) is 14.5. The van der Waals surface area contributed by atoms with E-state index in [1.54, 1.807) is 0 Å². The molecular weight excluding hydrogens is 331 g/mol. The molecule has 0 atom stereocenters. The van der Waals surface area contributed by atoms with Crippen LogP contribution in [-0.2, 0) is 4.79 Å². The Morgan fingerprint density at radius 3 is 2.65 bits per heavy atom. The van der Waals surface area contributed by atoms with Gasteiger partial charge in [0.2, 0.25) is 0 Å². The maximum atomic E-state index is 12.9. The number of nitrogens with zero attached hydrogens (tertiary/aromatic N) is 2. The Balaban J connectivity index is 2.12. The Morgan fingerprint density at radius 1 is 1.35 bits per heavy atom. The van der Waals surface area contributed by atoms with Gasteiger partial charge in [-0.1, -0.05) is 0 Å². The maximum absolute atomic E-state index is 12.9. The van der Waals surface area contributed by atoms with Crippen molar-refractivity contribution in [3.05, 3.63) is 52.5 Å². The largest absolute Gasteiger partial charge is 0.478 e. The first-order valence-electron chi connectivity index (χ1n) is 5.40. The van der Waals surface area contributed by atoms with Crippen LogP contribution < -0.4 is 4.74 Å². The average molecular weight is 339 g/mol. The van der Waals surface area contributed by atoms with Gasteiger partial charge in [-0.2, -0.15) is 0 Å². The van der Waals surface area contributed by atoms with Gasteiger partial charge in [0.15, 0.2) is 0 Å². The van der Waals surface area contributed by atoms with Crippen LogP contribution in [0.4, 0.5) is 4.39 Å². The van der Waals surface area contributed by atoms with E-state index in [0.29, 0.717) is 15.8 Å². The van der Waals surface area contributed by atoms with E-state index >= 15 is 0 Å². The molecule has 0 fully saturated rings. The molecule has 0 saturated carbocycles. The third-order valence-corrected chi connectivity index (χ3v) is 2.78. The summed E-state index contributed by atoms with van der Waals surface area (Å²) in [5, 5.41) is 8.49. The van der Waals surface area contributed by atoms with Crippen molar-refractivity contribution in [3.8, 4) is 11.8 Å². The van der Waals surface area contributed by atoms with E-state index in [1.807, 2.05) is 0 Å². The van der Waals surface area contributed by atoms with Gasteiger partial charge in [-0.05, 0) is 40.2 Å². The molecule has 0 spiro atoms. The number of hydrogen-bond acceptors (Lipinski definition) is 4. The number of carboxylic acid groups (broad SMARTS) is 1. The lowest BCUT2D eigenvalue weighted by Crippen LogP contribution is -1.93. The monoisotopic (exact) mass is 338 g/mol. The number of ether oxygens (including phenoxy) is 1. The lowest BCUT2D eigenvalue weighted by molar-refractivity contribution is -0.131. The third-order valence-electron chi connectivity index (χ3n) is 2.16. The molecule has 7 heteroatoms. The van der Waals surface area contributed by atoms with Crippen LogP contribution in [-0.4, -0.2) is 21.0 Å². The highest BCUT2D eigenvalue weighted by atomic mass is 79.9. The van der Waals surface area contributed by atoms with Gasteiger partial charge in [0.05, 0.1) is 4.47 Å². The van der Waals surface area contributed by atoms with Crippen molar-refractivity contribution in [2.75, 3.05) is 0 Å². The van der Waals surface area contributed by atoms with E-state index in [0.717, 1.165) is 6.08 Å². The molecule has 0 amide bonds. The van der Waals surface area contributed by atoms with E-state index in [9.17, 15) is 9.18 Å². The number of benzene rings is 1. The molecule has 0 radical (unpaired) electrons. The molecule has 0 saturated heterocycles. The average Bonchev–Trinajstić information content (AvgIpc) is 2.41. The van der Waals surface area contributed by atoms with Gasteiger partial charge in [0.1, 0.15) is 11.6 Å². The second-order valence-corrected chi connectivity index (χ2v) is 4.50. The fraction of sp³-hybridized carbons (Fsp3) is 0. The van der Waals surface area contributed by atoms with Crippen LogP contribution in [0, 0.1) is 5.82 Å². The summed E-state index contributed by atoms with van der Waals surface area (Å²) >= 11 is 3.16. The molecule has 1 aromatic heterocycles. The van der Waals surface area contributed by atoms with E-state index in [2.05, 4.69) is 25.9 Å². The molecule has 20 heavy (non-hydrogen) atoms. The lowest BCUT2D eigenvalue weighted by Gasteiger charge is -2.05. The standard InChI is InChI=1S/C13H8BrFN2O3/c14-10-5-9(15)2-3-11(10)20-13-16-6-8(7-17-13)1-4-12(18)19/h1-7H,(H,18,19)/b4-1+. The normalized spacial score (nSPS) is 10.7. The van der Waals surface area contributed by atoms with E-state index < -0.39 is 5.97 Å². The number of carbonyl (C=O) groups is 1. The molecule has 102 valence electrons. The van der Waals surface area contributed by atoms with Crippen LogP contribution in [0.5, 0.6) is 11.8 Å². The van der Waals surface area contributed by atoms with Gasteiger partial charge in [-0.25, -0.2) is 19.2 Å². The molecule has 1 heterocycles. The third kappa shape index (κ3) is 3.86. The summed E-state index contributed by atoms with van der Waals surface area (Å²) in [5.74, 6) is -1.07. The van der Waals surface area contributed by atoms with Gasteiger partial charge >= 0.3 is 12.0 Å². The highest BCUT2D eigenvalue weighted by molar-refractivity contribution is 9.10. The molecule has 0 aliphatic heterocycles. The van der Waals surface area contributed by atoms with Crippen molar-refractivity contribution in [1.29, 1.82) is 0 Å². The fourth-order valence-electron chi connectivity index (χ4n) is 1.29. The van der Waals surface area contributed by atoms with Gasteiger partial charge in [-0.3, -0.25) is 0 Å². The SMILES string of the molecule is O=C(O)/C=C/c1cnc(Oc2ccc(F)cc2Br)nc1. The van der Waals surface area contributed by atoms with Crippen molar-refractivity contribution < 1.29 is 19.0 Å². The van der Waals surface area contributed by atoms with Crippen molar-refractivity contribution in [2.45, 2.75) is 0 Å². The highest BCUT2D eigenvalue weighted by Crippen LogP contribution is 2.28. The summed E-state index contributed by atoms with van der Waals surface area (Å²) < 4.78 is 18.7. The molecular formula is C13H8BrFN2O3. The van der Waals surface area contributed by atoms with Gasteiger partial charge in [0.25, 0.3) is 0 Å². The molecule has 2 rings (SSSR count). The second kappa shape index (κ2) is 6.25.